The van der Waals surface area contributed by atoms with E-state index in [4.69, 9.17) is 0 Å². The second kappa shape index (κ2) is 15.1. The summed E-state index contributed by atoms with van der Waals surface area (Å²) in [6.45, 7) is 0. The Morgan fingerprint density at radius 3 is 1.32 bits per heavy atom. The molecule has 2 heteroatoms. The van der Waals surface area contributed by atoms with E-state index in [9.17, 15) is 0 Å². The summed E-state index contributed by atoms with van der Waals surface area (Å²) in [7, 11) is 0. The van der Waals surface area contributed by atoms with Crippen LogP contribution in [0.4, 0.5) is 34.1 Å². The minimum atomic E-state index is -0.579. The van der Waals surface area contributed by atoms with Gasteiger partial charge in [-0.25, -0.2) is 0 Å². The van der Waals surface area contributed by atoms with Crippen molar-refractivity contribution in [2.45, 2.75) is 5.41 Å². The van der Waals surface area contributed by atoms with Gasteiger partial charge < -0.3 is 9.80 Å². The van der Waals surface area contributed by atoms with E-state index >= 15 is 0 Å². The number of anilines is 6. The minimum Gasteiger partial charge on any atom is -0.310 e. The lowest BCUT2D eigenvalue weighted by molar-refractivity contribution is 0.752. The van der Waals surface area contributed by atoms with Gasteiger partial charge in [0.1, 0.15) is 0 Å². The molecule has 0 bridgehead atoms. The topological polar surface area (TPSA) is 6.48 Å². The summed E-state index contributed by atoms with van der Waals surface area (Å²) in [5.41, 5.74) is 20.9. The highest BCUT2D eigenvalue weighted by Crippen LogP contribution is 2.65. The smallest absolute Gasteiger partial charge is 0.0755 e. The zero-order chi connectivity index (χ0) is 41.7. The van der Waals surface area contributed by atoms with Crippen LogP contribution in [0.15, 0.2) is 255 Å². The summed E-state index contributed by atoms with van der Waals surface area (Å²) in [5, 5.41) is 0. The van der Waals surface area contributed by atoms with Crippen LogP contribution in [0.2, 0.25) is 0 Å². The number of hydrogen-bond donors (Lipinski definition) is 0. The van der Waals surface area contributed by atoms with Gasteiger partial charge in [0.25, 0.3) is 0 Å². The van der Waals surface area contributed by atoms with E-state index in [1.165, 1.54) is 78.1 Å². The fourth-order valence-electron chi connectivity index (χ4n) is 10.4. The van der Waals surface area contributed by atoms with Gasteiger partial charge in [-0.3, -0.25) is 0 Å². The molecule has 2 aliphatic rings. The van der Waals surface area contributed by atoms with Gasteiger partial charge in [-0.05, 0) is 122 Å². The maximum Gasteiger partial charge on any atom is 0.0755 e. The Morgan fingerprint density at radius 1 is 0.302 bits per heavy atom. The molecule has 12 rings (SSSR count). The van der Waals surface area contributed by atoms with Crippen molar-refractivity contribution in [2.24, 2.45) is 0 Å². The second-order valence-electron chi connectivity index (χ2n) is 16.4. The molecule has 1 heterocycles. The first-order valence-corrected chi connectivity index (χ1v) is 21.8. The summed E-state index contributed by atoms with van der Waals surface area (Å²) in [6, 6.07) is 93.4. The molecule has 1 aliphatic carbocycles. The number of nitrogens with zero attached hydrogens (tertiary/aromatic N) is 2. The standard InChI is InChI=1S/C61H42N2/c1-5-20-43(21-6-1)46-36-38-50(39-37-46)62(51-41-47(44-22-7-2-8-23-44)40-48(42-51)45-24-9-3-10-25-45)59-35-19-32-56-60(59)52-28-13-14-29-53(52)61(56)54-30-15-17-33-57(54)63(49-26-11-4-12-27-49)58-34-18-16-31-55(58)61/h1-42H. The van der Waals surface area contributed by atoms with Gasteiger partial charge in [-0.15, -0.1) is 0 Å². The molecule has 10 aromatic carbocycles. The zero-order valence-electron chi connectivity index (χ0n) is 34.6. The van der Waals surface area contributed by atoms with E-state index in [0.29, 0.717) is 0 Å². The number of benzene rings is 10. The highest BCUT2D eigenvalue weighted by atomic mass is 15.2. The maximum atomic E-state index is 2.50. The fraction of sp³-hybridized carbons (Fsp3) is 0.0164. The molecule has 296 valence electrons. The van der Waals surface area contributed by atoms with Crippen molar-refractivity contribution in [3.05, 3.63) is 277 Å². The van der Waals surface area contributed by atoms with Crippen molar-refractivity contribution in [1.29, 1.82) is 0 Å². The van der Waals surface area contributed by atoms with Crippen molar-refractivity contribution < 1.29 is 0 Å². The molecule has 2 nitrogen and oxygen atoms in total. The van der Waals surface area contributed by atoms with Crippen LogP contribution in [0.1, 0.15) is 22.3 Å². The molecule has 1 spiro atoms. The molecular formula is C61H42N2. The average molecular weight is 803 g/mol. The average Bonchev–Trinajstić information content (AvgIpc) is 3.66. The molecule has 0 saturated heterocycles. The lowest BCUT2D eigenvalue weighted by Gasteiger charge is -2.45. The zero-order valence-corrected chi connectivity index (χ0v) is 34.6. The van der Waals surface area contributed by atoms with Crippen LogP contribution in [0.3, 0.4) is 0 Å². The number of fused-ring (bicyclic) bond motifs is 9. The quantitative estimate of drug-likeness (QED) is 0.158. The van der Waals surface area contributed by atoms with E-state index < -0.39 is 5.41 Å². The fourth-order valence-corrected chi connectivity index (χ4v) is 10.4. The highest BCUT2D eigenvalue weighted by molar-refractivity contribution is 6.01. The van der Waals surface area contributed by atoms with Gasteiger partial charge >= 0.3 is 0 Å². The van der Waals surface area contributed by atoms with Crippen LogP contribution in [0.25, 0.3) is 44.5 Å². The maximum absolute atomic E-state index is 2.50. The van der Waals surface area contributed by atoms with Crippen LogP contribution in [-0.4, -0.2) is 0 Å². The SMILES string of the molecule is c1ccc(-c2ccc(N(c3cc(-c4ccccc4)cc(-c4ccccc4)c3)c3cccc4c3-c3ccccc3C43c4ccccc4N(c4ccccc4)c4ccccc43)cc2)cc1. The molecule has 10 aromatic rings. The largest absolute Gasteiger partial charge is 0.310 e. The first-order chi connectivity index (χ1) is 31.3. The van der Waals surface area contributed by atoms with Gasteiger partial charge in [-0.2, -0.15) is 0 Å². The Hall–Kier alpha value is -8.20. The first-order valence-electron chi connectivity index (χ1n) is 21.8. The number of hydrogen-bond acceptors (Lipinski definition) is 2. The molecular weight excluding hydrogens is 761 g/mol. The van der Waals surface area contributed by atoms with Gasteiger partial charge in [0, 0.05) is 22.6 Å². The van der Waals surface area contributed by atoms with Crippen LogP contribution in [0, 0.1) is 0 Å². The lowest BCUT2D eigenvalue weighted by atomic mass is 9.64. The van der Waals surface area contributed by atoms with Gasteiger partial charge in [0.05, 0.1) is 22.5 Å². The predicted molar refractivity (Wildman–Crippen MR) is 263 cm³/mol. The van der Waals surface area contributed by atoms with Crippen LogP contribution in [-0.2, 0) is 5.41 Å². The van der Waals surface area contributed by atoms with Gasteiger partial charge in [0.15, 0.2) is 0 Å². The molecule has 0 radical (unpaired) electrons. The van der Waals surface area contributed by atoms with Gasteiger partial charge in [0.2, 0.25) is 0 Å². The molecule has 0 N–H and O–H groups in total. The molecule has 0 atom stereocenters. The first kappa shape index (κ1) is 36.6. The third-order valence-electron chi connectivity index (χ3n) is 13.0. The molecule has 0 fully saturated rings. The van der Waals surface area contributed by atoms with Crippen LogP contribution in [0.5, 0.6) is 0 Å². The van der Waals surface area contributed by atoms with E-state index in [1.54, 1.807) is 0 Å². The molecule has 63 heavy (non-hydrogen) atoms. The third-order valence-corrected chi connectivity index (χ3v) is 13.0. The Labute approximate surface area is 369 Å². The predicted octanol–water partition coefficient (Wildman–Crippen LogP) is 16.3. The van der Waals surface area contributed by atoms with Crippen molar-refractivity contribution in [1.82, 2.24) is 0 Å². The van der Waals surface area contributed by atoms with Crippen molar-refractivity contribution >= 4 is 34.1 Å². The molecule has 0 aromatic heterocycles. The summed E-state index contributed by atoms with van der Waals surface area (Å²) < 4.78 is 0. The second-order valence-corrected chi connectivity index (χ2v) is 16.4. The monoisotopic (exact) mass is 802 g/mol. The van der Waals surface area contributed by atoms with Crippen molar-refractivity contribution in [3.8, 4) is 44.5 Å². The van der Waals surface area contributed by atoms with E-state index in [2.05, 4.69) is 265 Å². The van der Waals surface area contributed by atoms with Crippen molar-refractivity contribution in [2.75, 3.05) is 9.80 Å². The third kappa shape index (κ3) is 5.87. The molecule has 0 unspecified atom stereocenters. The van der Waals surface area contributed by atoms with Crippen LogP contribution >= 0.6 is 0 Å². The Bertz CT molecular complexity index is 3160. The summed E-state index contributed by atoms with van der Waals surface area (Å²) in [5.74, 6) is 0. The summed E-state index contributed by atoms with van der Waals surface area (Å²) >= 11 is 0. The van der Waals surface area contributed by atoms with E-state index in [-0.39, 0.29) is 0 Å². The molecule has 1 aliphatic heterocycles. The van der Waals surface area contributed by atoms with Crippen molar-refractivity contribution in [3.63, 3.8) is 0 Å². The number of para-hydroxylation sites is 3. The lowest BCUT2D eigenvalue weighted by Crippen LogP contribution is -2.36. The number of rotatable bonds is 7. The van der Waals surface area contributed by atoms with Gasteiger partial charge in [-0.1, -0.05) is 194 Å². The highest BCUT2D eigenvalue weighted by Gasteiger charge is 2.52. The summed E-state index contributed by atoms with van der Waals surface area (Å²) in [6.07, 6.45) is 0. The van der Waals surface area contributed by atoms with E-state index in [1.807, 2.05) is 0 Å². The van der Waals surface area contributed by atoms with Crippen LogP contribution < -0.4 is 9.80 Å². The summed E-state index contributed by atoms with van der Waals surface area (Å²) in [4.78, 5) is 4.94. The molecule has 0 saturated carbocycles. The molecule has 0 amide bonds. The Morgan fingerprint density at radius 2 is 0.746 bits per heavy atom. The normalized spacial score (nSPS) is 12.9. The Balaban J connectivity index is 1.15. The minimum absolute atomic E-state index is 0.579. The Kier molecular flexibility index (Phi) is 8.76. The van der Waals surface area contributed by atoms with E-state index in [0.717, 1.165) is 22.7 Å².